The van der Waals surface area contributed by atoms with Crippen LogP contribution in [0.5, 0.6) is 0 Å². The molecule has 122 valence electrons. The number of hydrogen-bond donors (Lipinski definition) is 1. The van der Waals surface area contributed by atoms with Crippen LogP contribution in [-0.2, 0) is 4.79 Å². The van der Waals surface area contributed by atoms with E-state index in [0.717, 1.165) is 17.9 Å². The highest BCUT2D eigenvalue weighted by atomic mass is 16.2. The molecule has 0 atom stereocenters. The molecule has 1 aromatic rings. The lowest BCUT2D eigenvalue weighted by Gasteiger charge is -2.35. The molecule has 1 aliphatic heterocycles. The molecule has 0 unspecified atom stereocenters. The first-order valence-corrected chi connectivity index (χ1v) is 7.93. The highest BCUT2D eigenvalue weighted by Gasteiger charge is 2.31. The number of aryl methyl sites for hydroxylation is 1. The predicted octanol–water partition coefficient (Wildman–Crippen LogP) is 1.78. The first-order valence-electron chi connectivity index (χ1n) is 7.93. The summed E-state index contributed by atoms with van der Waals surface area (Å²) in [6.45, 7) is 12.2. The average molecular weight is 306 g/mol. The molecular formula is C16H26N4O2. The Morgan fingerprint density at radius 3 is 2.50 bits per heavy atom. The van der Waals surface area contributed by atoms with E-state index in [1.165, 1.54) is 0 Å². The van der Waals surface area contributed by atoms with Crippen LogP contribution in [-0.4, -0.2) is 58.0 Å². The van der Waals surface area contributed by atoms with Gasteiger partial charge in [-0.25, -0.2) is 0 Å². The molecule has 0 bridgehead atoms. The van der Waals surface area contributed by atoms with Crippen LogP contribution in [0.3, 0.4) is 0 Å². The normalized spacial score (nSPS) is 16.0. The number of carbonyl (C=O) groups is 2. The Morgan fingerprint density at radius 1 is 1.27 bits per heavy atom. The van der Waals surface area contributed by atoms with E-state index in [1.54, 1.807) is 4.90 Å². The molecule has 0 aromatic carbocycles. The summed E-state index contributed by atoms with van der Waals surface area (Å²) in [6.07, 6.45) is 0. The van der Waals surface area contributed by atoms with Gasteiger partial charge in [-0.2, -0.15) is 5.10 Å². The number of carbonyl (C=O) groups excluding carboxylic acids is 2. The summed E-state index contributed by atoms with van der Waals surface area (Å²) in [5.74, 6) is 0.546. The molecule has 6 heteroatoms. The van der Waals surface area contributed by atoms with Crippen molar-refractivity contribution in [3.63, 3.8) is 0 Å². The van der Waals surface area contributed by atoms with E-state index in [4.69, 9.17) is 0 Å². The topological polar surface area (TPSA) is 69.3 Å². The number of aromatic nitrogens is 2. The van der Waals surface area contributed by atoms with Crippen LogP contribution in [0, 0.1) is 12.8 Å². The van der Waals surface area contributed by atoms with Crippen LogP contribution < -0.4 is 0 Å². The summed E-state index contributed by atoms with van der Waals surface area (Å²) in [5, 5.41) is 7.13. The largest absolute Gasteiger partial charge is 0.339 e. The highest BCUT2D eigenvalue weighted by Crippen LogP contribution is 2.22. The van der Waals surface area contributed by atoms with Gasteiger partial charge < -0.3 is 9.80 Å². The molecule has 1 N–H and O–H groups in total. The smallest absolute Gasteiger partial charge is 0.258 e. The summed E-state index contributed by atoms with van der Waals surface area (Å²) >= 11 is 0. The number of H-pyrrole nitrogens is 1. The van der Waals surface area contributed by atoms with Gasteiger partial charge in [0.2, 0.25) is 5.91 Å². The molecule has 22 heavy (non-hydrogen) atoms. The van der Waals surface area contributed by atoms with Crippen LogP contribution in [0.25, 0.3) is 0 Å². The van der Waals surface area contributed by atoms with Crippen molar-refractivity contribution in [3.05, 3.63) is 17.0 Å². The molecular weight excluding hydrogens is 280 g/mol. The van der Waals surface area contributed by atoms with Gasteiger partial charge in [-0.3, -0.25) is 14.7 Å². The molecule has 1 aromatic heterocycles. The zero-order valence-corrected chi connectivity index (χ0v) is 14.1. The fourth-order valence-corrected chi connectivity index (χ4v) is 2.81. The van der Waals surface area contributed by atoms with Crippen LogP contribution in [0.4, 0.5) is 0 Å². The van der Waals surface area contributed by atoms with Crippen molar-refractivity contribution in [2.24, 2.45) is 5.92 Å². The van der Waals surface area contributed by atoms with Crippen molar-refractivity contribution < 1.29 is 9.59 Å². The lowest BCUT2D eigenvalue weighted by atomic mass is 10.0. The van der Waals surface area contributed by atoms with Gasteiger partial charge in [-0.05, 0) is 18.8 Å². The van der Waals surface area contributed by atoms with E-state index in [9.17, 15) is 9.59 Å². The third kappa shape index (κ3) is 3.31. The minimum absolute atomic E-state index is 0.0283. The number of aromatic amines is 1. The molecule has 0 aliphatic carbocycles. The van der Waals surface area contributed by atoms with Crippen molar-refractivity contribution >= 4 is 11.8 Å². The van der Waals surface area contributed by atoms with Gasteiger partial charge in [-0.1, -0.05) is 27.7 Å². The van der Waals surface area contributed by atoms with Gasteiger partial charge in [-0.15, -0.1) is 0 Å². The van der Waals surface area contributed by atoms with Gasteiger partial charge in [0, 0.05) is 25.3 Å². The molecule has 2 heterocycles. The molecule has 1 fully saturated rings. The van der Waals surface area contributed by atoms with E-state index in [0.29, 0.717) is 24.6 Å². The van der Waals surface area contributed by atoms with Crippen molar-refractivity contribution in [2.45, 2.75) is 40.5 Å². The molecule has 0 spiro atoms. The van der Waals surface area contributed by atoms with Crippen molar-refractivity contribution in [2.75, 3.05) is 26.2 Å². The zero-order valence-electron chi connectivity index (χ0n) is 14.1. The van der Waals surface area contributed by atoms with E-state index in [1.807, 2.05) is 25.7 Å². The number of nitrogens with zero attached hydrogens (tertiary/aromatic N) is 3. The number of rotatable bonds is 4. The second kappa shape index (κ2) is 6.50. The standard InChI is InChI=1S/C16H26N4O2/c1-10(2)8-19-6-7-20(9-13(19)21)16(22)14-12(5)17-18-15(14)11(3)4/h10-11H,6-9H2,1-5H3,(H,17,18). The second-order valence-electron chi connectivity index (χ2n) is 6.72. The Bertz CT molecular complexity index is 562. The lowest BCUT2D eigenvalue weighted by molar-refractivity contribution is -0.135. The molecule has 6 nitrogen and oxygen atoms in total. The summed E-state index contributed by atoms with van der Waals surface area (Å²) in [7, 11) is 0. The average Bonchev–Trinajstić information content (AvgIpc) is 2.82. The maximum absolute atomic E-state index is 12.8. The van der Waals surface area contributed by atoms with E-state index < -0.39 is 0 Å². The Hall–Kier alpha value is -1.85. The zero-order chi connectivity index (χ0) is 16.4. The van der Waals surface area contributed by atoms with Crippen molar-refractivity contribution in [1.82, 2.24) is 20.0 Å². The van der Waals surface area contributed by atoms with E-state index in [2.05, 4.69) is 24.0 Å². The highest BCUT2D eigenvalue weighted by molar-refractivity contribution is 5.99. The molecule has 2 rings (SSSR count). The second-order valence-corrected chi connectivity index (χ2v) is 6.72. The fourth-order valence-electron chi connectivity index (χ4n) is 2.81. The Morgan fingerprint density at radius 2 is 1.95 bits per heavy atom. The first-order chi connectivity index (χ1) is 10.3. The monoisotopic (exact) mass is 306 g/mol. The number of hydrogen-bond acceptors (Lipinski definition) is 3. The summed E-state index contributed by atoms with van der Waals surface area (Å²) in [6, 6.07) is 0. The number of nitrogens with one attached hydrogen (secondary N) is 1. The van der Waals surface area contributed by atoms with Crippen LogP contribution in [0.1, 0.15) is 55.4 Å². The molecule has 1 aliphatic rings. The third-order valence-electron chi connectivity index (χ3n) is 3.93. The van der Waals surface area contributed by atoms with E-state index >= 15 is 0 Å². The van der Waals surface area contributed by atoms with Crippen LogP contribution in [0.2, 0.25) is 0 Å². The maximum atomic E-state index is 12.8. The minimum Gasteiger partial charge on any atom is -0.339 e. The van der Waals surface area contributed by atoms with Gasteiger partial charge in [0.1, 0.15) is 6.54 Å². The molecule has 1 saturated heterocycles. The van der Waals surface area contributed by atoms with Gasteiger partial charge in [0.25, 0.3) is 5.91 Å². The van der Waals surface area contributed by atoms with Crippen LogP contribution in [0.15, 0.2) is 0 Å². The Labute approximate surface area is 131 Å². The van der Waals surface area contributed by atoms with E-state index in [-0.39, 0.29) is 24.3 Å². The van der Waals surface area contributed by atoms with Gasteiger partial charge in [0.05, 0.1) is 11.3 Å². The summed E-state index contributed by atoms with van der Waals surface area (Å²) in [5.41, 5.74) is 2.17. The SMILES string of the molecule is Cc1[nH]nc(C(C)C)c1C(=O)N1CCN(CC(C)C)C(=O)C1. The predicted molar refractivity (Wildman–Crippen MR) is 84.7 cm³/mol. The van der Waals surface area contributed by atoms with Crippen LogP contribution >= 0.6 is 0 Å². The minimum atomic E-state index is -0.0903. The van der Waals surface area contributed by atoms with Gasteiger partial charge >= 0.3 is 0 Å². The molecule has 0 saturated carbocycles. The summed E-state index contributed by atoms with van der Waals surface area (Å²) < 4.78 is 0. The van der Waals surface area contributed by atoms with Crippen molar-refractivity contribution in [1.29, 1.82) is 0 Å². The first kappa shape index (κ1) is 16.5. The quantitative estimate of drug-likeness (QED) is 0.922. The van der Waals surface area contributed by atoms with Crippen molar-refractivity contribution in [3.8, 4) is 0 Å². The molecule has 0 radical (unpaired) electrons. The third-order valence-corrected chi connectivity index (χ3v) is 3.93. The lowest BCUT2D eigenvalue weighted by Crippen LogP contribution is -2.53. The summed E-state index contributed by atoms with van der Waals surface area (Å²) in [4.78, 5) is 28.5. The molecule has 2 amide bonds. The number of piperazine rings is 1. The Balaban J connectivity index is 2.13. The number of amides is 2. The maximum Gasteiger partial charge on any atom is 0.258 e. The Kier molecular flexibility index (Phi) is 4.88. The fraction of sp³-hybridized carbons (Fsp3) is 0.688. The van der Waals surface area contributed by atoms with Gasteiger partial charge in [0.15, 0.2) is 0 Å².